The first-order chi connectivity index (χ1) is 12.5. The molecule has 2 N–H and O–H groups in total. The van der Waals surface area contributed by atoms with E-state index in [0.29, 0.717) is 5.25 Å². The predicted octanol–water partition coefficient (Wildman–Crippen LogP) is -0.147. The molecule has 5 nitrogen and oxygen atoms in total. The number of thioether (sulfide) groups is 1. The summed E-state index contributed by atoms with van der Waals surface area (Å²) in [7, 11) is 3.38. The van der Waals surface area contributed by atoms with Gasteiger partial charge in [-0.15, -0.1) is 4.68 Å². The SMILES string of the molecule is CN(C)C=O.Cc1ccc(/C=N/[N+]2=C(N)S[C@@H](c3ccccc3)C2)cc1.[Br-]. The van der Waals surface area contributed by atoms with Crippen molar-refractivity contribution < 1.29 is 26.5 Å². The van der Waals surface area contributed by atoms with Crippen molar-refractivity contribution in [3.8, 4) is 0 Å². The maximum absolute atomic E-state index is 9.43. The molecule has 0 unspecified atom stereocenters. The molecule has 0 aliphatic carbocycles. The summed E-state index contributed by atoms with van der Waals surface area (Å²) < 4.78 is 1.88. The maximum Gasteiger partial charge on any atom is 0.330 e. The molecule has 1 heterocycles. The average Bonchev–Trinajstić information content (AvgIpc) is 3.03. The van der Waals surface area contributed by atoms with Crippen LogP contribution in [0.1, 0.15) is 21.9 Å². The van der Waals surface area contributed by atoms with Crippen LogP contribution in [0.3, 0.4) is 0 Å². The van der Waals surface area contributed by atoms with Crippen molar-refractivity contribution in [2.24, 2.45) is 10.8 Å². The summed E-state index contributed by atoms with van der Waals surface area (Å²) in [6.07, 6.45) is 2.61. The summed E-state index contributed by atoms with van der Waals surface area (Å²) in [6, 6.07) is 18.7. The van der Waals surface area contributed by atoms with E-state index in [2.05, 4.69) is 60.6 Å². The molecule has 1 aliphatic heterocycles. The number of halogens is 1. The molecule has 0 fully saturated rings. The van der Waals surface area contributed by atoms with Gasteiger partial charge in [0.05, 0.1) is 11.5 Å². The molecule has 144 valence electrons. The minimum absolute atomic E-state index is 0. The highest BCUT2D eigenvalue weighted by Crippen LogP contribution is 2.33. The molecule has 0 spiro atoms. The molecule has 0 bridgehead atoms. The first-order valence-corrected chi connectivity index (χ1v) is 9.21. The third-order valence-electron chi connectivity index (χ3n) is 3.66. The molecule has 0 saturated heterocycles. The van der Waals surface area contributed by atoms with Gasteiger partial charge in [-0.2, -0.15) is 0 Å². The third kappa shape index (κ3) is 7.56. The molecule has 1 amide bonds. The van der Waals surface area contributed by atoms with E-state index in [9.17, 15) is 4.79 Å². The number of nitrogens with zero attached hydrogens (tertiary/aromatic N) is 3. The van der Waals surface area contributed by atoms with Gasteiger partial charge in [-0.05, 0) is 29.8 Å². The van der Waals surface area contributed by atoms with E-state index in [0.717, 1.165) is 23.7 Å². The van der Waals surface area contributed by atoms with Gasteiger partial charge in [-0.1, -0.05) is 65.3 Å². The summed E-state index contributed by atoms with van der Waals surface area (Å²) in [5, 5.41) is 5.61. The number of hydrogen-bond donors (Lipinski definition) is 1. The molecule has 0 radical (unpaired) electrons. The highest BCUT2D eigenvalue weighted by molar-refractivity contribution is 8.13. The van der Waals surface area contributed by atoms with Gasteiger partial charge in [0.2, 0.25) is 6.41 Å². The smallest absolute Gasteiger partial charge is 0.330 e. The van der Waals surface area contributed by atoms with Gasteiger partial charge in [0.15, 0.2) is 0 Å². The van der Waals surface area contributed by atoms with Crippen LogP contribution >= 0.6 is 11.8 Å². The second-order valence-corrected chi connectivity index (χ2v) is 7.38. The zero-order valence-electron chi connectivity index (χ0n) is 15.7. The zero-order valence-corrected chi connectivity index (χ0v) is 18.2. The molecule has 2 aromatic rings. The Morgan fingerprint density at radius 1 is 1.15 bits per heavy atom. The lowest BCUT2D eigenvalue weighted by atomic mass is 10.1. The number of rotatable bonds is 4. The van der Waals surface area contributed by atoms with Crippen molar-refractivity contribution in [2.45, 2.75) is 12.2 Å². The number of hydrazone groups is 1. The zero-order chi connectivity index (χ0) is 18.9. The van der Waals surface area contributed by atoms with Gasteiger partial charge < -0.3 is 21.9 Å². The van der Waals surface area contributed by atoms with E-state index in [-0.39, 0.29) is 17.0 Å². The first-order valence-electron chi connectivity index (χ1n) is 8.33. The molecule has 1 atom stereocenters. The van der Waals surface area contributed by atoms with Crippen LogP contribution in [0.5, 0.6) is 0 Å². The fourth-order valence-corrected chi connectivity index (χ4v) is 3.27. The summed E-state index contributed by atoms with van der Waals surface area (Å²) in [5.74, 6) is 0. The highest BCUT2D eigenvalue weighted by atomic mass is 79.9. The van der Waals surface area contributed by atoms with Crippen molar-refractivity contribution in [2.75, 3.05) is 20.6 Å². The molecule has 27 heavy (non-hydrogen) atoms. The molecule has 3 rings (SSSR count). The van der Waals surface area contributed by atoms with Crippen molar-refractivity contribution >= 4 is 29.6 Å². The van der Waals surface area contributed by atoms with E-state index in [1.54, 1.807) is 25.9 Å². The third-order valence-corrected chi connectivity index (χ3v) is 4.82. The second-order valence-electron chi connectivity index (χ2n) is 6.16. The van der Waals surface area contributed by atoms with Crippen LogP contribution in [-0.4, -0.2) is 48.0 Å². The van der Waals surface area contributed by atoms with Crippen LogP contribution in [0.15, 0.2) is 59.7 Å². The summed E-state index contributed by atoms with van der Waals surface area (Å²) in [4.78, 5) is 10.9. The summed E-state index contributed by atoms with van der Waals surface area (Å²) in [5.41, 5.74) is 9.71. The van der Waals surface area contributed by atoms with Crippen molar-refractivity contribution in [3.63, 3.8) is 0 Å². The summed E-state index contributed by atoms with van der Waals surface area (Å²) >= 11 is 1.67. The average molecular weight is 449 g/mol. The van der Waals surface area contributed by atoms with Gasteiger partial charge in [-0.25, -0.2) is 0 Å². The van der Waals surface area contributed by atoms with E-state index in [1.165, 1.54) is 16.0 Å². The number of hydrogen-bond acceptors (Lipinski definition) is 4. The van der Waals surface area contributed by atoms with E-state index < -0.39 is 0 Å². The van der Waals surface area contributed by atoms with Crippen LogP contribution in [0.2, 0.25) is 0 Å². The Labute approximate surface area is 175 Å². The number of amidine groups is 1. The van der Waals surface area contributed by atoms with Gasteiger partial charge in [0.1, 0.15) is 6.54 Å². The monoisotopic (exact) mass is 448 g/mol. The number of benzene rings is 2. The van der Waals surface area contributed by atoms with Crippen LogP contribution in [-0.2, 0) is 4.79 Å². The number of aryl methyl sites for hydroxylation is 1. The fraction of sp³-hybridized carbons (Fsp3) is 0.250. The van der Waals surface area contributed by atoms with Crippen molar-refractivity contribution in [1.82, 2.24) is 4.90 Å². The van der Waals surface area contributed by atoms with E-state index in [1.807, 2.05) is 17.0 Å². The van der Waals surface area contributed by atoms with Crippen LogP contribution in [0.4, 0.5) is 0 Å². The van der Waals surface area contributed by atoms with Crippen molar-refractivity contribution in [3.05, 3.63) is 71.3 Å². The Bertz CT molecular complexity index is 776. The largest absolute Gasteiger partial charge is 1.00 e. The number of carbonyl (C=O) groups excluding carboxylic acids is 1. The molecule has 7 heteroatoms. The summed E-state index contributed by atoms with van der Waals surface area (Å²) in [6.45, 7) is 2.89. The van der Waals surface area contributed by atoms with Gasteiger partial charge in [0, 0.05) is 14.1 Å². The number of nitrogens with two attached hydrogens (primary N) is 1. The Morgan fingerprint density at radius 3 is 2.30 bits per heavy atom. The van der Waals surface area contributed by atoms with Crippen molar-refractivity contribution in [1.29, 1.82) is 0 Å². The minimum atomic E-state index is 0. The Hall–Kier alpha value is -2.12. The first kappa shape index (κ1) is 22.9. The number of carbonyl (C=O) groups is 1. The van der Waals surface area contributed by atoms with Gasteiger partial charge in [0.25, 0.3) is 0 Å². The standard InChI is InChI=1S/C17H17N3S.C3H7NO.BrH/c1-13-7-9-14(10-8-13)11-19-20-12-16(21-17(20)18)15-5-3-2-4-6-15;1-4(2)3-5;/h2-11,16,18H,12H2,1H3;3H,1-2H3;1H/b19-11+;;/t16-;;/m1../s1. The molecular weight excluding hydrogens is 424 g/mol. The molecular formula is C20H25BrN4OS. The lowest BCUT2D eigenvalue weighted by Gasteiger charge is -2.04. The van der Waals surface area contributed by atoms with Crippen LogP contribution in [0.25, 0.3) is 0 Å². The lowest BCUT2D eigenvalue weighted by Crippen LogP contribution is -3.00. The minimum Gasteiger partial charge on any atom is -1.00 e. The lowest BCUT2D eigenvalue weighted by molar-refractivity contribution is -0.527. The molecule has 0 aromatic heterocycles. The second kappa shape index (κ2) is 11.6. The molecule has 0 saturated carbocycles. The number of amides is 1. The Morgan fingerprint density at radius 2 is 1.74 bits per heavy atom. The van der Waals surface area contributed by atoms with E-state index in [4.69, 9.17) is 5.73 Å². The highest BCUT2D eigenvalue weighted by Gasteiger charge is 2.29. The normalized spacial score (nSPS) is 15.7. The Balaban J connectivity index is 0.000000542. The van der Waals surface area contributed by atoms with Gasteiger partial charge >= 0.3 is 5.17 Å². The van der Waals surface area contributed by atoms with Crippen LogP contribution in [0, 0.1) is 6.92 Å². The Kier molecular flexibility index (Phi) is 9.82. The fourth-order valence-electron chi connectivity index (χ4n) is 2.22. The topological polar surface area (TPSA) is 61.7 Å². The molecule has 2 aromatic carbocycles. The van der Waals surface area contributed by atoms with Gasteiger partial charge in [-0.3, -0.25) is 10.5 Å². The quantitative estimate of drug-likeness (QED) is 0.402. The maximum atomic E-state index is 9.43. The predicted molar refractivity (Wildman–Crippen MR) is 110 cm³/mol. The molecule has 1 aliphatic rings. The van der Waals surface area contributed by atoms with Crippen LogP contribution < -0.4 is 22.7 Å². The van der Waals surface area contributed by atoms with E-state index >= 15 is 0 Å².